The average Bonchev–Trinajstić information content (AvgIpc) is 3.96. The average molecular weight is 1500 g/mol. The van der Waals surface area contributed by atoms with Crippen LogP contribution >= 0.6 is 0 Å². The predicted octanol–water partition coefficient (Wildman–Crippen LogP) is 10.7. The summed E-state index contributed by atoms with van der Waals surface area (Å²) in [6.07, 6.45) is 12.0. The quantitative estimate of drug-likeness (QED) is 0.0806. The fourth-order valence-electron chi connectivity index (χ4n) is 6.10. The number of carbonyl (C=O) groups is 3. The number of aliphatic hydroxyl groups is 3. The molecular formula is C55H53Ir3N8O6-3. The molecule has 0 amide bonds. The van der Waals surface area contributed by atoms with Crippen molar-refractivity contribution in [2.24, 2.45) is 9.98 Å². The molecule has 0 bridgehead atoms. The number of aliphatic hydroxyl groups excluding tert-OH is 3. The number of hydrogen-bond donors (Lipinski definition) is 3. The van der Waals surface area contributed by atoms with Crippen molar-refractivity contribution < 1.29 is 90.0 Å². The summed E-state index contributed by atoms with van der Waals surface area (Å²) in [6.45, 7) is 12.5. The van der Waals surface area contributed by atoms with Crippen LogP contribution in [0.1, 0.15) is 75.3 Å². The monoisotopic (exact) mass is 1500 g/mol. The Balaban J connectivity index is 0.000000448. The van der Waals surface area contributed by atoms with Crippen LogP contribution in [0.5, 0.6) is 0 Å². The zero-order valence-corrected chi connectivity index (χ0v) is 47.9. The molecule has 14 nitrogen and oxygen atoms in total. The van der Waals surface area contributed by atoms with Gasteiger partial charge in [-0.15, -0.1) is 108 Å². The molecule has 0 fully saturated rings. The first-order valence-electron chi connectivity index (χ1n) is 21.5. The van der Waals surface area contributed by atoms with Crippen molar-refractivity contribution in [3.05, 3.63) is 203 Å². The number of rotatable bonds is 6. The molecule has 3 aromatic carbocycles. The summed E-state index contributed by atoms with van der Waals surface area (Å²) in [5, 5.41) is 25.1. The van der Waals surface area contributed by atoms with Crippen LogP contribution in [0.15, 0.2) is 161 Å². The van der Waals surface area contributed by atoms with Gasteiger partial charge in [0.05, 0.1) is 39.9 Å². The largest absolute Gasteiger partial charge is 0.512 e. The van der Waals surface area contributed by atoms with Crippen LogP contribution in [0.25, 0.3) is 22.3 Å². The topological polar surface area (TPSA) is 214 Å². The molecule has 2 aliphatic rings. The van der Waals surface area contributed by atoms with Gasteiger partial charge in [-0.1, -0.05) is 12.1 Å². The number of carbonyl (C=O) groups excluding carboxylic acids is 3. The molecule has 0 spiro atoms. The second-order valence-corrected chi connectivity index (χ2v) is 15.3. The summed E-state index contributed by atoms with van der Waals surface area (Å²) < 4.78 is 0. The van der Waals surface area contributed by atoms with Crippen molar-refractivity contribution in [3.63, 3.8) is 0 Å². The van der Waals surface area contributed by atoms with Gasteiger partial charge in [0.1, 0.15) is 11.3 Å². The van der Waals surface area contributed by atoms with Crippen molar-refractivity contribution in [1.82, 2.24) is 29.9 Å². The Morgan fingerprint density at radius 3 is 1.39 bits per heavy atom. The van der Waals surface area contributed by atoms with E-state index in [1.165, 1.54) is 65.3 Å². The zero-order valence-electron chi connectivity index (χ0n) is 40.8. The Morgan fingerprint density at radius 1 is 0.514 bits per heavy atom. The number of pyridine rings is 2. The number of aliphatic imine (C=N–C) groups is 2. The van der Waals surface area contributed by atoms with Crippen LogP contribution in [0.3, 0.4) is 0 Å². The van der Waals surface area contributed by atoms with Crippen LogP contribution in [-0.4, -0.2) is 74.0 Å². The van der Waals surface area contributed by atoms with E-state index in [2.05, 4.69) is 64.2 Å². The summed E-state index contributed by atoms with van der Waals surface area (Å²) in [4.78, 5) is 65.1. The first kappa shape index (κ1) is 63.3. The second kappa shape index (κ2) is 33.0. The maximum absolute atomic E-state index is 10.0. The van der Waals surface area contributed by atoms with E-state index in [-0.39, 0.29) is 94.9 Å². The smallest absolute Gasteiger partial charge is 0.164 e. The minimum atomic E-state index is -0.125. The zero-order chi connectivity index (χ0) is 50.3. The molecule has 3 radical (unpaired) electrons. The van der Waals surface area contributed by atoms with Gasteiger partial charge in [0.25, 0.3) is 0 Å². The van der Waals surface area contributed by atoms with Gasteiger partial charge in [0, 0.05) is 110 Å². The molecule has 0 saturated carbocycles. The fourth-order valence-corrected chi connectivity index (χ4v) is 6.10. The van der Waals surface area contributed by atoms with Gasteiger partial charge in [-0.3, -0.25) is 34.3 Å². The fraction of sp³-hybridized carbons (Fsp3) is 0.182. The number of fused-ring (bicyclic) bond motifs is 3. The maximum atomic E-state index is 10.0. The third kappa shape index (κ3) is 22.6. The normalized spacial score (nSPS) is 11.6. The summed E-state index contributed by atoms with van der Waals surface area (Å²) >= 11 is 0. The molecule has 0 atom stereocenters. The molecule has 9 rings (SSSR count). The minimum absolute atomic E-state index is 0. The first-order valence-corrected chi connectivity index (χ1v) is 21.5. The molecule has 0 unspecified atom stereocenters. The van der Waals surface area contributed by atoms with Crippen molar-refractivity contribution in [2.45, 2.75) is 68.2 Å². The van der Waals surface area contributed by atoms with Crippen molar-refractivity contribution >= 4 is 51.4 Å². The third-order valence-electron chi connectivity index (χ3n) is 9.02. The van der Waals surface area contributed by atoms with E-state index in [1.807, 2.05) is 98.8 Å². The summed E-state index contributed by atoms with van der Waals surface area (Å²) in [5.41, 5.74) is 11.8. The molecule has 0 aliphatic carbocycles. The van der Waals surface area contributed by atoms with Gasteiger partial charge in [-0.2, -0.15) is 0 Å². The molecule has 72 heavy (non-hydrogen) atoms. The van der Waals surface area contributed by atoms with Gasteiger partial charge in [-0.25, -0.2) is 15.0 Å². The van der Waals surface area contributed by atoms with E-state index in [0.717, 1.165) is 86.4 Å². The Labute approximate surface area is 460 Å². The van der Waals surface area contributed by atoms with E-state index >= 15 is 0 Å². The van der Waals surface area contributed by atoms with Gasteiger partial charge >= 0.3 is 0 Å². The number of benzene rings is 3. The van der Waals surface area contributed by atoms with E-state index in [0.29, 0.717) is 0 Å². The number of aryl methyl sites for hydroxylation is 2. The number of allylic oxidation sites excluding steroid dienone is 6. The summed E-state index contributed by atoms with van der Waals surface area (Å²) in [5.74, 6) is 1.40. The molecule has 6 heterocycles. The molecule has 7 aromatic rings. The number of ketones is 3. The Morgan fingerprint density at radius 2 is 0.958 bits per heavy atom. The minimum Gasteiger partial charge on any atom is -0.512 e. The summed E-state index contributed by atoms with van der Waals surface area (Å²) in [7, 11) is 0. The number of aromatic nitrogens is 6. The molecule has 2 aliphatic heterocycles. The van der Waals surface area contributed by atoms with Gasteiger partial charge < -0.3 is 20.3 Å². The number of nitrogens with zero attached hydrogens (tertiary/aromatic N) is 8. The van der Waals surface area contributed by atoms with Crippen molar-refractivity contribution in [1.29, 1.82) is 0 Å². The van der Waals surface area contributed by atoms with Crippen molar-refractivity contribution in [3.8, 4) is 11.3 Å². The molecule has 0 saturated heterocycles. The van der Waals surface area contributed by atoms with E-state index in [4.69, 9.17) is 15.3 Å². The molecular weight excluding hydrogens is 1450 g/mol. The summed E-state index contributed by atoms with van der Waals surface area (Å²) in [6, 6.07) is 39.0. The van der Waals surface area contributed by atoms with Crippen molar-refractivity contribution in [2.75, 3.05) is 0 Å². The molecule has 17 heteroatoms. The Bertz CT molecular complexity index is 2850. The number of hydrogen-bond acceptors (Lipinski definition) is 14. The van der Waals surface area contributed by atoms with Crippen LogP contribution in [0.4, 0.5) is 11.6 Å². The first-order chi connectivity index (χ1) is 33.0. The van der Waals surface area contributed by atoms with Crippen LogP contribution in [-0.2, 0) is 87.5 Å². The van der Waals surface area contributed by atoms with Gasteiger partial charge in [-0.05, 0) is 90.6 Å². The Kier molecular flexibility index (Phi) is 29.1. The predicted molar refractivity (Wildman–Crippen MR) is 269 cm³/mol. The van der Waals surface area contributed by atoms with E-state index < -0.39 is 0 Å². The SMILES string of the molecule is CC(=O)C=C(C)O.CC(=O)C=C(C)O.CC(=O)C=C(C)O.Cc1nc2cnc(-c3[c-]cccc3)cc2nc1C.[Ir].[Ir].[Ir].[c-]1ccccc1C1=Nc2ncccc2C1.[c-]1ccccc1C1=Nc2nccnc2C1. The molecule has 379 valence electrons. The Hall–Kier alpha value is -6.70. The third-order valence-corrected chi connectivity index (χ3v) is 9.02. The van der Waals surface area contributed by atoms with E-state index in [9.17, 15) is 14.4 Å². The molecule has 4 aromatic heterocycles. The van der Waals surface area contributed by atoms with Gasteiger partial charge in [0.15, 0.2) is 23.2 Å². The van der Waals surface area contributed by atoms with Crippen LogP contribution < -0.4 is 0 Å². The molecule has 3 N–H and O–H groups in total. The standard InChI is InChI=1S/C15H12N3.C13H9N2.C12H8N3.3C5H8O2.3Ir/c1-10-11(2)18-15-9-16-13(8-14(15)17-10)12-6-4-3-5-7-12;1-2-5-10(6-3-1)12-9-11-7-4-8-14-13(11)15-12;1-2-4-9(5-3-1)10-8-11-12(15-10)14-7-6-13-11;3*1-4(6)3-5(2)7;;;/h3-6,8-9H,1-2H3;1-5,7-8H,9H2;1-4,6-7H,8H2;3*3,6H,1-2H3;;;/q3*-1;;;;;;. The van der Waals surface area contributed by atoms with Crippen LogP contribution in [0, 0.1) is 32.0 Å². The van der Waals surface area contributed by atoms with E-state index in [1.54, 1.807) is 24.8 Å². The van der Waals surface area contributed by atoms with Gasteiger partial charge in [0.2, 0.25) is 0 Å². The maximum Gasteiger partial charge on any atom is 0.164 e. The second-order valence-electron chi connectivity index (χ2n) is 15.3. The van der Waals surface area contributed by atoms with Crippen LogP contribution in [0.2, 0.25) is 0 Å².